The van der Waals surface area contributed by atoms with E-state index in [4.69, 9.17) is 5.73 Å². The van der Waals surface area contributed by atoms with Crippen LogP contribution in [0.1, 0.15) is 37.7 Å². The lowest BCUT2D eigenvalue weighted by atomic mass is 9.82. The number of hydrogen-bond acceptors (Lipinski definition) is 2. The molecular formula is C17H23ClFN3O. The molecule has 0 aliphatic heterocycles. The van der Waals surface area contributed by atoms with Gasteiger partial charge in [-0.25, -0.2) is 4.39 Å². The number of nitrogens with one attached hydrogen (secondary N) is 2. The Morgan fingerprint density at radius 1 is 1.30 bits per heavy atom. The Labute approximate surface area is 141 Å². The van der Waals surface area contributed by atoms with Crippen molar-refractivity contribution in [1.29, 1.82) is 0 Å². The highest BCUT2D eigenvalue weighted by Crippen LogP contribution is 2.26. The Hall–Kier alpha value is -1.59. The van der Waals surface area contributed by atoms with Crippen molar-refractivity contribution >= 4 is 29.2 Å². The first kappa shape index (κ1) is 17.8. The van der Waals surface area contributed by atoms with Crippen LogP contribution >= 0.6 is 12.4 Å². The molecule has 0 spiro atoms. The van der Waals surface area contributed by atoms with Crippen molar-refractivity contribution in [3.8, 4) is 0 Å². The quantitative estimate of drug-likeness (QED) is 0.801. The molecule has 0 radical (unpaired) electrons. The van der Waals surface area contributed by atoms with Crippen LogP contribution < -0.4 is 11.1 Å². The molecule has 1 fully saturated rings. The van der Waals surface area contributed by atoms with Gasteiger partial charge in [0, 0.05) is 23.6 Å². The van der Waals surface area contributed by atoms with E-state index in [1.807, 2.05) is 6.20 Å². The number of amides is 1. The van der Waals surface area contributed by atoms with Crippen LogP contribution in [-0.4, -0.2) is 23.0 Å². The fraction of sp³-hybridized carbons (Fsp3) is 0.471. The number of H-pyrrole nitrogens is 1. The average molecular weight is 340 g/mol. The van der Waals surface area contributed by atoms with Gasteiger partial charge in [-0.15, -0.1) is 12.4 Å². The average Bonchev–Trinajstić information content (AvgIpc) is 2.90. The molecule has 4 N–H and O–H groups in total. The minimum Gasteiger partial charge on any atom is -0.361 e. The molecule has 1 heterocycles. The number of hydrogen-bond donors (Lipinski definition) is 3. The molecule has 0 bridgehead atoms. The maximum atomic E-state index is 13.2. The van der Waals surface area contributed by atoms with E-state index in [0.717, 1.165) is 48.6 Å². The molecule has 0 saturated heterocycles. The lowest BCUT2D eigenvalue weighted by Crippen LogP contribution is -2.55. The second-order valence-corrected chi connectivity index (χ2v) is 6.23. The monoisotopic (exact) mass is 339 g/mol. The van der Waals surface area contributed by atoms with Crippen LogP contribution in [0.5, 0.6) is 0 Å². The van der Waals surface area contributed by atoms with Crippen molar-refractivity contribution in [2.24, 2.45) is 5.73 Å². The van der Waals surface area contributed by atoms with Crippen LogP contribution in [0.15, 0.2) is 24.4 Å². The van der Waals surface area contributed by atoms with E-state index in [2.05, 4.69) is 10.3 Å². The van der Waals surface area contributed by atoms with Crippen LogP contribution in [0.4, 0.5) is 4.39 Å². The van der Waals surface area contributed by atoms with Gasteiger partial charge in [0.15, 0.2) is 0 Å². The SMILES string of the molecule is Cl.NC1(C(=O)NCCc2c[nH]c3cc(F)ccc23)CCCCC1. The fourth-order valence-corrected chi connectivity index (χ4v) is 3.26. The van der Waals surface area contributed by atoms with Gasteiger partial charge in [-0.3, -0.25) is 4.79 Å². The summed E-state index contributed by atoms with van der Waals surface area (Å²) in [5, 5.41) is 3.95. The predicted molar refractivity (Wildman–Crippen MR) is 92.2 cm³/mol. The van der Waals surface area contributed by atoms with Gasteiger partial charge >= 0.3 is 0 Å². The number of nitrogens with two attached hydrogens (primary N) is 1. The molecule has 0 unspecified atom stereocenters. The van der Waals surface area contributed by atoms with E-state index >= 15 is 0 Å². The van der Waals surface area contributed by atoms with E-state index in [0.29, 0.717) is 13.0 Å². The van der Waals surface area contributed by atoms with Gasteiger partial charge in [-0.05, 0) is 43.0 Å². The summed E-state index contributed by atoms with van der Waals surface area (Å²) in [6.07, 6.45) is 7.33. The van der Waals surface area contributed by atoms with Crippen LogP contribution in [0.3, 0.4) is 0 Å². The van der Waals surface area contributed by atoms with E-state index in [9.17, 15) is 9.18 Å². The summed E-state index contributed by atoms with van der Waals surface area (Å²) >= 11 is 0. The summed E-state index contributed by atoms with van der Waals surface area (Å²) < 4.78 is 13.2. The van der Waals surface area contributed by atoms with Crippen molar-refractivity contribution < 1.29 is 9.18 Å². The molecule has 6 heteroatoms. The molecule has 0 atom stereocenters. The van der Waals surface area contributed by atoms with Gasteiger partial charge in [-0.2, -0.15) is 0 Å². The Bertz CT molecular complexity index is 680. The fourth-order valence-electron chi connectivity index (χ4n) is 3.26. The van der Waals surface area contributed by atoms with Gasteiger partial charge in [0.2, 0.25) is 5.91 Å². The molecule has 1 amide bonds. The van der Waals surface area contributed by atoms with E-state index in [1.54, 1.807) is 6.07 Å². The van der Waals surface area contributed by atoms with E-state index in [1.165, 1.54) is 12.1 Å². The van der Waals surface area contributed by atoms with Crippen LogP contribution in [0.2, 0.25) is 0 Å². The van der Waals surface area contributed by atoms with Gasteiger partial charge in [-0.1, -0.05) is 19.3 Å². The summed E-state index contributed by atoms with van der Waals surface area (Å²) in [7, 11) is 0. The highest BCUT2D eigenvalue weighted by atomic mass is 35.5. The van der Waals surface area contributed by atoms with Crippen molar-refractivity contribution in [1.82, 2.24) is 10.3 Å². The first-order valence-corrected chi connectivity index (χ1v) is 7.91. The number of aromatic amines is 1. The standard InChI is InChI=1S/C17H22FN3O.ClH/c18-13-4-5-14-12(11-21-15(14)10-13)6-9-20-16(22)17(19)7-2-1-3-8-17;/h4-5,10-11,21H,1-3,6-9,19H2,(H,20,22);1H. The van der Waals surface area contributed by atoms with Gasteiger partial charge < -0.3 is 16.0 Å². The lowest BCUT2D eigenvalue weighted by Gasteiger charge is -2.31. The lowest BCUT2D eigenvalue weighted by molar-refractivity contribution is -0.127. The summed E-state index contributed by atoms with van der Waals surface area (Å²) in [4.78, 5) is 15.3. The third kappa shape index (κ3) is 3.85. The molecule has 2 aromatic rings. The van der Waals surface area contributed by atoms with Crippen molar-refractivity contribution in [2.75, 3.05) is 6.54 Å². The molecule has 1 aromatic heterocycles. The number of benzene rings is 1. The Morgan fingerprint density at radius 3 is 2.78 bits per heavy atom. The minimum atomic E-state index is -0.693. The number of rotatable bonds is 4. The Morgan fingerprint density at radius 2 is 2.04 bits per heavy atom. The van der Waals surface area contributed by atoms with E-state index < -0.39 is 5.54 Å². The first-order valence-electron chi connectivity index (χ1n) is 7.91. The maximum absolute atomic E-state index is 13.2. The molecule has 4 nitrogen and oxygen atoms in total. The molecule has 23 heavy (non-hydrogen) atoms. The summed E-state index contributed by atoms with van der Waals surface area (Å²) in [6.45, 7) is 0.544. The molecule has 126 valence electrons. The zero-order valence-electron chi connectivity index (χ0n) is 13.0. The third-order valence-corrected chi connectivity index (χ3v) is 4.61. The summed E-state index contributed by atoms with van der Waals surface area (Å²) in [5.74, 6) is -0.297. The largest absolute Gasteiger partial charge is 0.361 e. The number of halogens is 2. The molecule has 1 aliphatic rings. The molecule has 1 saturated carbocycles. The Balaban J connectivity index is 0.00000192. The number of carbonyl (C=O) groups excluding carboxylic acids is 1. The third-order valence-electron chi connectivity index (χ3n) is 4.61. The molecular weight excluding hydrogens is 317 g/mol. The number of fused-ring (bicyclic) bond motifs is 1. The predicted octanol–water partition coefficient (Wildman–Crippen LogP) is 3.05. The zero-order chi connectivity index (χ0) is 15.6. The van der Waals surface area contributed by atoms with Crippen LogP contribution in [0, 0.1) is 5.82 Å². The number of carbonyl (C=O) groups is 1. The number of aromatic nitrogens is 1. The minimum absolute atomic E-state index is 0. The van der Waals surface area contributed by atoms with Crippen LogP contribution in [0.25, 0.3) is 10.9 Å². The Kier molecular flexibility index (Phi) is 5.65. The van der Waals surface area contributed by atoms with Crippen LogP contribution in [-0.2, 0) is 11.2 Å². The molecule has 1 aromatic carbocycles. The zero-order valence-corrected chi connectivity index (χ0v) is 13.8. The second-order valence-electron chi connectivity index (χ2n) is 6.23. The first-order chi connectivity index (χ1) is 10.6. The van der Waals surface area contributed by atoms with Gasteiger partial charge in [0.25, 0.3) is 0 Å². The maximum Gasteiger partial charge on any atom is 0.240 e. The smallest absolute Gasteiger partial charge is 0.240 e. The normalized spacial score (nSPS) is 16.8. The van der Waals surface area contributed by atoms with Gasteiger partial charge in [0.05, 0.1) is 5.54 Å². The van der Waals surface area contributed by atoms with E-state index in [-0.39, 0.29) is 24.1 Å². The summed E-state index contributed by atoms with van der Waals surface area (Å²) in [5.41, 5.74) is 7.37. The van der Waals surface area contributed by atoms with Gasteiger partial charge in [0.1, 0.15) is 5.82 Å². The second kappa shape index (κ2) is 7.32. The van der Waals surface area contributed by atoms with Crippen molar-refractivity contribution in [2.45, 2.75) is 44.1 Å². The topological polar surface area (TPSA) is 70.9 Å². The highest BCUT2D eigenvalue weighted by molar-refractivity contribution is 5.86. The van der Waals surface area contributed by atoms with Crippen molar-refractivity contribution in [3.05, 3.63) is 35.8 Å². The molecule has 3 rings (SSSR count). The van der Waals surface area contributed by atoms with Crippen molar-refractivity contribution in [3.63, 3.8) is 0 Å². The molecule has 1 aliphatic carbocycles. The highest BCUT2D eigenvalue weighted by Gasteiger charge is 2.34. The summed E-state index contributed by atoms with van der Waals surface area (Å²) in [6, 6.07) is 4.70.